The van der Waals surface area contributed by atoms with Gasteiger partial charge in [0.05, 0.1) is 5.69 Å². The summed E-state index contributed by atoms with van der Waals surface area (Å²) in [6, 6.07) is 4.07. The molecule has 6 heteroatoms. The average molecular weight is 303 g/mol. The largest absolute Gasteiger partial charge is 0.573 e. The van der Waals surface area contributed by atoms with Gasteiger partial charge in [-0.25, -0.2) is 0 Å². The average Bonchev–Trinajstić information content (AvgIpc) is 1.93. The van der Waals surface area contributed by atoms with Crippen LogP contribution in [0, 0.1) is 3.57 Å². The summed E-state index contributed by atoms with van der Waals surface area (Å²) in [5.74, 6) is -0.368. The zero-order valence-electron chi connectivity index (χ0n) is 6.23. The highest BCUT2D eigenvalue weighted by atomic mass is 127. The molecule has 72 valence electrons. The van der Waals surface area contributed by atoms with Crippen molar-refractivity contribution in [3.05, 3.63) is 21.8 Å². The maximum Gasteiger partial charge on any atom is 0.573 e. The maximum absolute atomic E-state index is 11.7. The van der Waals surface area contributed by atoms with Gasteiger partial charge in [-0.2, -0.15) is 0 Å². The molecular weight excluding hydrogens is 298 g/mol. The van der Waals surface area contributed by atoms with E-state index in [4.69, 9.17) is 5.73 Å². The number of nitrogens with two attached hydrogens (primary N) is 1. The highest BCUT2D eigenvalue weighted by Gasteiger charge is 2.31. The Balaban J connectivity index is 2.90. The Hall–Kier alpha value is -0.660. The van der Waals surface area contributed by atoms with Crippen molar-refractivity contribution in [3.63, 3.8) is 0 Å². The van der Waals surface area contributed by atoms with Crippen molar-refractivity contribution in [1.82, 2.24) is 0 Å². The number of alkyl halides is 3. The first kappa shape index (κ1) is 10.4. The Morgan fingerprint density at radius 1 is 1.31 bits per heavy atom. The first-order valence-electron chi connectivity index (χ1n) is 3.19. The molecule has 0 bridgehead atoms. The lowest BCUT2D eigenvalue weighted by atomic mass is 10.3. The summed E-state index contributed by atoms with van der Waals surface area (Å²) in [5.41, 5.74) is 5.27. The van der Waals surface area contributed by atoms with E-state index in [0.29, 0.717) is 0 Å². The van der Waals surface area contributed by atoms with Crippen LogP contribution in [0.15, 0.2) is 18.2 Å². The Morgan fingerprint density at radius 3 is 2.38 bits per heavy atom. The van der Waals surface area contributed by atoms with Crippen LogP contribution in [0.25, 0.3) is 0 Å². The number of ether oxygens (including phenoxy) is 1. The molecule has 0 aromatic heterocycles. The van der Waals surface area contributed by atoms with Crippen molar-refractivity contribution in [3.8, 4) is 5.75 Å². The van der Waals surface area contributed by atoms with Crippen molar-refractivity contribution < 1.29 is 17.9 Å². The van der Waals surface area contributed by atoms with Gasteiger partial charge in [0.2, 0.25) is 0 Å². The summed E-state index contributed by atoms with van der Waals surface area (Å²) in [6.45, 7) is 0. The molecule has 2 nitrogen and oxygen atoms in total. The summed E-state index contributed by atoms with van der Waals surface area (Å²) >= 11 is 1.94. The van der Waals surface area contributed by atoms with Gasteiger partial charge in [-0.3, -0.25) is 0 Å². The molecule has 1 rings (SSSR count). The monoisotopic (exact) mass is 303 g/mol. The summed E-state index contributed by atoms with van der Waals surface area (Å²) in [7, 11) is 0. The number of hydrogen-bond acceptors (Lipinski definition) is 2. The van der Waals surface area contributed by atoms with E-state index in [9.17, 15) is 13.2 Å². The summed E-state index contributed by atoms with van der Waals surface area (Å²) in [5, 5.41) is 0. The normalized spacial score (nSPS) is 11.4. The fourth-order valence-corrected chi connectivity index (χ4v) is 1.25. The van der Waals surface area contributed by atoms with Crippen molar-refractivity contribution in [2.24, 2.45) is 0 Å². The lowest BCUT2D eigenvalue weighted by Crippen LogP contribution is -2.18. The van der Waals surface area contributed by atoms with Gasteiger partial charge in [0, 0.05) is 3.57 Å². The molecule has 0 unspecified atom stereocenters. The quantitative estimate of drug-likeness (QED) is 0.639. The first-order valence-corrected chi connectivity index (χ1v) is 4.27. The highest BCUT2D eigenvalue weighted by Crippen LogP contribution is 2.29. The fourth-order valence-electron chi connectivity index (χ4n) is 0.737. The fraction of sp³-hybridized carbons (Fsp3) is 0.143. The minimum absolute atomic E-state index is 0.0239. The molecule has 13 heavy (non-hydrogen) atoms. The molecule has 0 aliphatic heterocycles. The number of nitrogen functional groups attached to an aromatic ring is 1. The second kappa shape index (κ2) is 3.60. The Morgan fingerprint density at radius 2 is 1.92 bits per heavy atom. The smallest absolute Gasteiger partial charge is 0.404 e. The number of hydrogen-bond donors (Lipinski definition) is 1. The lowest BCUT2D eigenvalue weighted by molar-refractivity contribution is -0.274. The number of rotatable bonds is 1. The van der Waals surface area contributed by atoms with E-state index in [2.05, 4.69) is 4.74 Å². The molecule has 1 aromatic rings. The third kappa shape index (κ3) is 3.29. The van der Waals surface area contributed by atoms with E-state index < -0.39 is 6.36 Å². The Bertz CT molecular complexity index is 313. The molecule has 0 fully saturated rings. The van der Waals surface area contributed by atoms with E-state index in [-0.39, 0.29) is 11.4 Å². The minimum atomic E-state index is -4.69. The van der Waals surface area contributed by atoms with E-state index in [1.54, 1.807) is 0 Å². The van der Waals surface area contributed by atoms with Gasteiger partial charge in [-0.1, -0.05) is 0 Å². The second-order valence-electron chi connectivity index (χ2n) is 2.23. The van der Waals surface area contributed by atoms with Gasteiger partial charge < -0.3 is 10.5 Å². The molecule has 0 aliphatic carbocycles. The van der Waals surface area contributed by atoms with Crippen molar-refractivity contribution >= 4 is 28.3 Å². The molecular formula is C7H5F3INO. The maximum atomic E-state index is 11.7. The second-order valence-corrected chi connectivity index (χ2v) is 3.48. The standard InChI is InChI=1S/C7H5F3INO/c8-7(9,10)13-6-2-1-4(11)3-5(6)12/h1-3H,12H2. The number of anilines is 1. The molecule has 0 atom stereocenters. The molecule has 0 heterocycles. The topological polar surface area (TPSA) is 35.2 Å². The zero-order valence-corrected chi connectivity index (χ0v) is 8.39. The van der Waals surface area contributed by atoms with Crippen molar-refractivity contribution in [1.29, 1.82) is 0 Å². The molecule has 0 saturated heterocycles. The van der Waals surface area contributed by atoms with Crippen molar-refractivity contribution in [2.75, 3.05) is 5.73 Å². The van der Waals surface area contributed by atoms with Gasteiger partial charge in [0.25, 0.3) is 0 Å². The van der Waals surface area contributed by atoms with Crippen LogP contribution < -0.4 is 10.5 Å². The van der Waals surface area contributed by atoms with Gasteiger partial charge in [-0.05, 0) is 40.8 Å². The molecule has 0 amide bonds. The third-order valence-corrected chi connectivity index (χ3v) is 1.87. The van der Waals surface area contributed by atoms with E-state index in [1.807, 2.05) is 22.6 Å². The molecule has 0 spiro atoms. The van der Waals surface area contributed by atoms with Gasteiger partial charge in [0.1, 0.15) is 0 Å². The van der Waals surface area contributed by atoms with E-state index in [0.717, 1.165) is 3.57 Å². The Labute approximate surface area is 86.0 Å². The molecule has 2 N–H and O–H groups in total. The van der Waals surface area contributed by atoms with Crippen LogP contribution in [-0.4, -0.2) is 6.36 Å². The zero-order chi connectivity index (χ0) is 10.1. The predicted octanol–water partition coefficient (Wildman–Crippen LogP) is 2.77. The SMILES string of the molecule is Nc1cc(I)ccc1OC(F)(F)F. The van der Waals surface area contributed by atoms with Gasteiger partial charge >= 0.3 is 6.36 Å². The Kier molecular flexibility index (Phi) is 2.89. The number of halogens is 4. The lowest BCUT2D eigenvalue weighted by Gasteiger charge is -2.10. The van der Waals surface area contributed by atoms with Gasteiger partial charge in [-0.15, -0.1) is 13.2 Å². The van der Waals surface area contributed by atoms with Crippen LogP contribution in [0.1, 0.15) is 0 Å². The summed E-state index contributed by atoms with van der Waals surface area (Å²) in [4.78, 5) is 0. The van der Waals surface area contributed by atoms with Crippen LogP contribution in [0.2, 0.25) is 0 Å². The van der Waals surface area contributed by atoms with Gasteiger partial charge in [0.15, 0.2) is 5.75 Å². The highest BCUT2D eigenvalue weighted by molar-refractivity contribution is 14.1. The van der Waals surface area contributed by atoms with Crippen LogP contribution in [0.5, 0.6) is 5.75 Å². The predicted molar refractivity (Wildman–Crippen MR) is 50.3 cm³/mol. The van der Waals surface area contributed by atoms with E-state index >= 15 is 0 Å². The van der Waals surface area contributed by atoms with Crippen LogP contribution in [0.4, 0.5) is 18.9 Å². The van der Waals surface area contributed by atoms with Crippen LogP contribution in [-0.2, 0) is 0 Å². The molecule has 1 aromatic carbocycles. The van der Waals surface area contributed by atoms with Crippen molar-refractivity contribution in [2.45, 2.75) is 6.36 Å². The first-order chi connectivity index (χ1) is 5.88. The minimum Gasteiger partial charge on any atom is -0.404 e. The van der Waals surface area contributed by atoms with Crippen LogP contribution in [0.3, 0.4) is 0 Å². The molecule has 0 radical (unpaired) electrons. The molecule has 0 saturated carbocycles. The third-order valence-electron chi connectivity index (χ3n) is 1.20. The molecule has 0 aliphatic rings. The number of benzene rings is 1. The van der Waals surface area contributed by atoms with Crippen LogP contribution >= 0.6 is 22.6 Å². The van der Waals surface area contributed by atoms with E-state index in [1.165, 1.54) is 18.2 Å². The summed E-state index contributed by atoms with van der Waals surface area (Å²) < 4.78 is 39.6. The summed E-state index contributed by atoms with van der Waals surface area (Å²) in [6.07, 6.45) is -4.69.